The number of carbonyl (C=O) groups is 3. The number of nitrogens with one attached hydrogen (secondary N) is 1. The lowest BCUT2D eigenvalue weighted by Gasteiger charge is -2.36. The van der Waals surface area contributed by atoms with E-state index in [0.29, 0.717) is 13.0 Å². The second-order valence-electron chi connectivity index (χ2n) is 9.07. The Bertz CT molecular complexity index is 1000. The van der Waals surface area contributed by atoms with E-state index in [1.807, 2.05) is 50.2 Å². The Kier molecular flexibility index (Phi) is 6.67. The number of hydrogen-bond donors (Lipinski definition) is 2. The van der Waals surface area contributed by atoms with Crippen LogP contribution in [0.15, 0.2) is 48.5 Å². The number of amides is 2. The van der Waals surface area contributed by atoms with E-state index in [0.717, 1.165) is 35.1 Å². The van der Waals surface area contributed by atoms with Crippen LogP contribution < -0.4 is 5.32 Å². The molecule has 2 atom stereocenters. The van der Waals surface area contributed by atoms with E-state index in [9.17, 15) is 19.5 Å². The van der Waals surface area contributed by atoms with Crippen molar-refractivity contribution in [3.63, 3.8) is 0 Å². The Morgan fingerprint density at radius 1 is 1.03 bits per heavy atom. The highest BCUT2D eigenvalue weighted by Gasteiger charge is 2.37. The zero-order valence-electron chi connectivity index (χ0n) is 19.0. The van der Waals surface area contributed by atoms with Gasteiger partial charge in [-0.05, 0) is 47.4 Å². The Labute approximate surface area is 193 Å². The smallest absolute Gasteiger partial charge is 0.407 e. The Balaban J connectivity index is 1.44. The third kappa shape index (κ3) is 4.58. The summed E-state index contributed by atoms with van der Waals surface area (Å²) in [7, 11) is 0. The molecule has 1 heterocycles. The van der Waals surface area contributed by atoms with Crippen LogP contribution in [0.1, 0.15) is 50.2 Å². The van der Waals surface area contributed by atoms with E-state index < -0.39 is 24.1 Å². The molecule has 0 bridgehead atoms. The molecule has 2 aromatic rings. The van der Waals surface area contributed by atoms with E-state index in [4.69, 9.17) is 4.74 Å². The number of carboxylic acids is 1. The fourth-order valence-corrected chi connectivity index (χ4v) is 4.91. The van der Waals surface area contributed by atoms with Gasteiger partial charge >= 0.3 is 12.1 Å². The highest BCUT2D eigenvalue weighted by molar-refractivity contribution is 5.89. The molecule has 1 unspecified atom stereocenters. The average Bonchev–Trinajstić information content (AvgIpc) is 3.14. The van der Waals surface area contributed by atoms with Gasteiger partial charge in [-0.25, -0.2) is 9.59 Å². The second-order valence-corrected chi connectivity index (χ2v) is 9.07. The predicted octanol–water partition coefficient (Wildman–Crippen LogP) is 4.02. The minimum atomic E-state index is -1.01. The van der Waals surface area contributed by atoms with Crippen LogP contribution in [-0.4, -0.2) is 53.2 Å². The van der Waals surface area contributed by atoms with Crippen molar-refractivity contribution in [1.82, 2.24) is 10.2 Å². The number of carboxylic acid groups (broad SMARTS) is 1. The summed E-state index contributed by atoms with van der Waals surface area (Å²) in [6.07, 6.45) is 1.28. The van der Waals surface area contributed by atoms with E-state index in [2.05, 4.69) is 17.4 Å². The number of fused-ring (bicyclic) bond motifs is 3. The number of rotatable bonds is 6. The molecular weight excluding hydrogens is 420 g/mol. The second kappa shape index (κ2) is 9.65. The lowest BCUT2D eigenvalue weighted by atomic mass is 9.97. The maximum Gasteiger partial charge on any atom is 0.407 e. The maximum absolute atomic E-state index is 13.2. The van der Waals surface area contributed by atoms with Gasteiger partial charge in [0.05, 0.1) is 0 Å². The molecule has 0 saturated carbocycles. The van der Waals surface area contributed by atoms with Crippen LogP contribution in [0.2, 0.25) is 0 Å². The number of hydrogen-bond acceptors (Lipinski definition) is 4. The Morgan fingerprint density at radius 2 is 1.64 bits per heavy atom. The quantitative estimate of drug-likeness (QED) is 0.693. The van der Waals surface area contributed by atoms with E-state index in [1.54, 1.807) is 0 Å². The van der Waals surface area contributed by atoms with Crippen molar-refractivity contribution in [3.8, 4) is 11.1 Å². The molecule has 7 heteroatoms. The molecule has 7 nitrogen and oxygen atoms in total. The van der Waals surface area contributed by atoms with Gasteiger partial charge in [-0.3, -0.25) is 4.79 Å². The molecule has 0 spiro atoms. The third-order valence-electron chi connectivity index (χ3n) is 6.62. The monoisotopic (exact) mass is 450 g/mol. The molecular formula is C26H30N2O5. The summed E-state index contributed by atoms with van der Waals surface area (Å²) in [4.78, 5) is 38.9. The number of piperidine rings is 1. The van der Waals surface area contributed by atoms with Gasteiger partial charge in [0, 0.05) is 12.5 Å². The van der Waals surface area contributed by atoms with Crippen molar-refractivity contribution in [2.75, 3.05) is 13.2 Å². The lowest BCUT2D eigenvalue weighted by Crippen LogP contribution is -2.57. The third-order valence-corrected chi connectivity index (χ3v) is 6.62. The first-order valence-electron chi connectivity index (χ1n) is 11.5. The van der Waals surface area contributed by atoms with Gasteiger partial charge in [-0.1, -0.05) is 62.4 Å². The van der Waals surface area contributed by atoms with Gasteiger partial charge in [0.2, 0.25) is 5.91 Å². The van der Waals surface area contributed by atoms with Crippen molar-refractivity contribution >= 4 is 18.0 Å². The molecule has 2 N–H and O–H groups in total. The van der Waals surface area contributed by atoms with Crippen molar-refractivity contribution in [2.45, 2.75) is 51.1 Å². The molecule has 2 aromatic carbocycles. The lowest BCUT2D eigenvalue weighted by molar-refractivity contribution is -0.153. The Morgan fingerprint density at radius 3 is 2.21 bits per heavy atom. The highest BCUT2D eigenvalue weighted by Crippen LogP contribution is 2.44. The fourth-order valence-electron chi connectivity index (χ4n) is 4.91. The molecule has 2 amide bonds. The zero-order chi connectivity index (χ0) is 23.5. The maximum atomic E-state index is 13.2. The predicted molar refractivity (Wildman–Crippen MR) is 124 cm³/mol. The molecule has 1 saturated heterocycles. The standard InChI is InChI=1S/C26H30N2O5/c1-16(2)23(24(29)28-14-8-7-13-22(28)25(30)31)27-26(32)33-15-21-19-11-5-3-9-17(19)18-10-4-6-12-20(18)21/h3-6,9-12,16,21-23H,7-8,13-15H2,1-2H3,(H,27,32)(H,30,31)/t22-,23?/m0/s1. The van der Waals surface area contributed by atoms with Crippen LogP contribution in [0.25, 0.3) is 11.1 Å². The highest BCUT2D eigenvalue weighted by atomic mass is 16.5. The van der Waals surface area contributed by atoms with Crippen LogP contribution in [-0.2, 0) is 14.3 Å². The van der Waals surface area contributed by atoms with Gasteiger partial charge in [-0.15, -0.1) is 0 Å². The van der Waals surface area contributed by atoms with Crippen LogP contribution in [0, 0.1) is 5.92 Å². The normalized spacial score (nSPS) is 18.4. The first kappa shape index (κ1) is 22.8. The fraction of sp³-hybridized carbons (Fsp3) is 0.423. The summed E-state index contributed by atoms with van der Waals surface area (Å²) >= 11 is 0. The zero-order valence-corrected chi connectivity index (χ0v) is 19.0. The van der Waals surface area contributed by atoms with Gasteiger partial charge in [0.15, 0.2) is 0 Å². The number of nitrogens with zero attached hydrogens (tertiary/aromatic N) is 1. The molecule has 1 aliphatic heterocycles. The summed E-state index contributed by atoms with van der Waals surface area (Å²) < 4.78 is 5.60. The van der Waals surface area contributed by atoms with Gasteiger partial charge in [0.25, 0.3) is 0 Å². The molecule has 174 valence electrons. The number of ether oxygens (including phenoxy) is 1. The van der Waals surface area contributed by atoms with Crippen molar-refractivity contribution < 1.29 is 24.2 Å². The van der Waals surface area contributed by atoms with E-state index in [-0.39, 0.29) is 24.3 Å². The topological polar surface area (TPSA) is 95.9 Å². The molecule has 1 fully saturated rings. The molecule has 0 radical (unpaired) electrons. The average molecular weight is 451 g/mol. The Hall–Kier alpha value is -3.35. The molecule has 2 aliphatic rings. The summed E-state index contributed by atoms with van der Waals surface area (Å²) in [5.41, 5.74) is 4.51. The van der Waals surface area contributed by atoms with Crippen molar-refractivity contribution in [3.05, 3.63) is 59.7 Å². The van der Waals surface area contributed by atoms with Crippen LogP contribution in [0.4, 0.5) is 4.79 Å². The first-order valence-corrected chi connectivity index (χ1v) is 11.5. The minimum absolute atomic E-state index is 0.0742. The summed E-state index contributed by atoms with van der Waals surface area (Å²) in [6.45, 7) is 4.18. The van der Waals surface area contributed by atoms with Gasteiger partial charge in [-0.2, -0.15) is 0 Å². The molecule has 0 aromatic heterocycles. The molecule has 4 rings (SSSR count). The molecule has 1 aliphatic carbocycles. The number of carbonyl (C=O) groups excluding carboxylic acids is 2. The summed E-state index contributed by atoms with van der Waals surface area (Å²) in [5.74, 6) is -1.67. The summed E-state index contributed by atoms with van der Waals surface area (Å²) in [6, 6.07) is 14.5. The number of alkyl carbamates (subject to hydrolysis) is 1. The van der Waals surface area contributed by atoms with E-state index >= 15 is 0 Å². The number of aliphatic carboxylic acids is 1. The van der Waals surface area contributed by atoms with Gasteiger partial charge < -0.3 is 20.1 Å². The van der Waals surface area contributed by atoms with Crippen LogP contribution >= 0.6 is 0 Å². The first-order chi connectivity index (χ1) is 15.9. The van der Waals surface area contributed by atoms with Crippen molar-refractivity contribution in [1.29, 1.82) is 0 Å². The minimum Gasteiger partial charge on any atom is -0.480 e. The SMILES string of the molecule is CC(C)C(NC(=O)OCC1c2ccccc2-c2ccccc21)C(=O)N1CCCC[C@H]1C(=O)O. The van der Waals surface area contributed by atoms with Gasteiger partial charge in [0.1, 0.15) is 18.7 Å². The van der Waals surface area contributed by atoms with Crippen molar-refractivity contribution in [2.24, 2.45) is 5.92 Å². The van der Waals surface area contributed by atoms with E-state index in [1.165, 1.54) is 4.90 Å². The van der Waals surface area contributed by atoms with Crippen LogP contribution in [0.5, 0.6) is 0 Å². The molecule has 33 heavy (non-hydrogen) atoms. The number of benzene rings is 2. The summed E-state index contributed by atoms with van der Waals surface area (Å²) in [5, 5.41) is 12.2. The number of likely N-dealkylation sites (tertiary alicyclic amines) is 1. The largest absolute Gasteiger partial charge is 0.480 e. The van der Waals surface area contributed by atoms with Crippen LogP contribution in [0.3, 0.4) is 0 Å².